The quantitative estimate of drug-likeness (QED) is 0.500. The molecule has 0 spiro atoms. The van der Waals surface area contributed by atoms with Crippen LogP contribution in [0.25, 0.3) is 16.9 Å². The zero-order valence-electron chi connectivity index (χ0n) is 14.7. The molecule has 0 saturated carbocycles. The molecule has 4 rings (SSSR count). The van der Waals surface area contributed by atoms with Crippen molar-refractivity contribution in [1.29, 1.82) is 0 Å². The molecule has 0 atom stereocenters. The minimum atomic E-state index is -4.42. The molecule has 1 N–H and O–H groups in total. The lowest BCUT2D eigenvalue weighted by Gasteiger charge is -2.12. The van der Waals surface area contributed by atoms with E-state index in [4.69, 9.17) is 23.2 Å². The molecule has 2 heterocycles. The third-order valence-electron chi connectivity index (χ3n) is 4.74. The van der Waals surface area contributed by atoms with Crippen LogP contribution in [-0.4, -0.2) is 16.3 Å². The molecule has 1 aromatic heterocycles. The van der Waals surface area contributed by atoms with Gasteiger partial charge >= 0.3 is 6.18 Å². The Morgan fingerprint density at radius 1 is 1.00 bits per heavy atom. The molecule has 8 heteroatoms. The molecule has 0 amide bonds. The van der Waals surface area contributed by atoms with Gasteiger partial charge in [0.25, 0.3) is 0 Å². The average molecular weight is 426 g/mol. The van der Waals surface area contributed by atoms with Crippen molar-refractivity contribution in [3.63, 3.8) is 0 Å². The number of hydrogen-bond donors (Lipinski definition) is 1. The van der Waals surface area contributed by atoms with Gasteiger partial charge < -0.3 is 5.32 Å². The first kappa shape index (κ1) is 19.2. The molecule has 3 nitrogen and oxygen atoms in total. The SMILES string of the molecule is FC(F)(F)c1cccc(-n2nc(-c3ccc(Cl)c(Cl)c3)c3c2NCCCC3)c1. The van der Waals surface area contributed by atoms with Crippen LogP contribution in [0.1, 0.15) is 24.0 Å². The molecule has 0 radical (unpaired) electrons. The normalized spacial score (nSPS) is 14.3. The van der Waals surface area contributed by atoms with Gasteiger partial charge in [0.1, 0.15) is 5.82 Å². The fraction of sp³-hybridized carbons (Fsp3) is 0.250. The number of halogens is 5. The van der Waals surface area contributed by atoms with Crippen molar-refractivity contribution in [2.45, 2.75) is 25.4 Å². The number of rotatable bonds is 2. The minimum Gasteiger partial charge on any atom is -0.370 e. The summed E-state index contributed by atoms with van der Waals surface area (Å²) in [6.07, 6.45) is -1.71. The Morgan fingerprint density at radius 2 is 1.82 bits per heavy atom. The van der Waals surface area contributed by atoms with Gasteiger partial charge in [-0.1, -0.05) is 35.3 Å². The number of nitrogens with zero attached hydrogens (tertiary/aromatic N) is 2. The minimum absolute atomic E-state index is 0.354. The molecule has 146 valence electrons. The van der Waals surface area contributed by atoms with Crippen molar-refractivity contribution in [3.05, 3.63) is 63.6 Å². The van der Waals surface area contributed by atoms with Gasteiger partial charge in [-0.25, -0.2) is 4.68 Å². The van der Waals surface area contributed by atoms with Crippen molar-refractivity contribution in [1.82, 2.24) is 9.78 Å². The number of benzene rings is 2. The van der Waals surface area contributed by atoms with E-state index in [0.29, 0.717) is 21.4 Å². The van der Waals surface area contributed by atoms with Crippen LogP contribution in [-0.2, 0) is 12.6 Å². The maximum atomic E-state index is 13.2. The van der Waals surface area contributed by atoms with E-state index in [2.05, 4.69) is 10.4 Å². The summed E-state index contributed by atoms with van der Waals surface area (Å²) in [6, 6.07) is 10.4. The van der Waals surface area contributed by atoms with Gasteiger partial charge in [0.05, 0.1) is 27.0 Å². The van der Waals surface area contributed by atoms with Crippen molar-refractivity contribution in [3.8, 4) is 16.9 Å². The highest BCUT2D eigenvalue weighted by Crippen LogP contribution is 2.37. The van der Waals surface area contributed by atoms with Crippen LogP contribution in [0.15, 0.2) is 42.5 Å². The van der Waals surface area contributed by atoms with Crippen molar-refractivity contribution >= 4 is 29.0 Å². The van der Waals surface area contributed by atoms with Gasteiger partial charge in [-0.05, 0) is 49.6 Å². The largest absolute Gasteiger partial charge is 0.416 e. The van der Waals surface area contributed by atoms with Crippen LogP contribution in [0, 0.1) is 0 Å². The second kappa shape index (κ2) is 7.33. The highest BCUT2D eigenvalue weighted by Gasteiger charge is 2.31. The Bertz CT molecular complexity index is 1030. The predicted octanol–water partition coefficient (Wildman–Crippen LogP) is 6.61. The molecule has 28 heavy (non-hydrogen) atoms. The molecule has 1 aliphatic rings. The summed E-state index contributed by atoms with van der Waals surface area (Å²) in [7, 11) is 0. The first-order valence-corrected chi connectivity index (χ1v) is 9.59. The zero-order chi connectivity index (χ0) is 19.9. The van der Waals surface area contributed by atoms with E-state index in [9.17, 15) is 13.2 Å². The van der Waals surface area contributed by atoms with Crippen LogP contribution in [0.3, 0.4) is 0 Å². The summed E-state index contributed by atoms with van der Waals surface area (Å²) in [4.78, 5) is 0. The highest BCUT2D eigenvalue weighted by molar-refractivity contribution is 6.42. The van der Waals surface area contributed by atoms with Crippen molar-refractivity contribution < 1.29 is 13.2 Å². The van der Waals surface area contributed by atoms with Crippen LogP contribution < -0.4 is 5.32 Å². The molecule has 0 fully saturated rings. The standard InChI is InChI=1S/C20H16Cl2F3N3/c21-16-8-7-12(10-17(16)22)18-15-6-1-2-9-26-19(15)28(27-18)14-5-3-4-13(11-14)20(23,24)25/h3-5,7-8,10-11,26H,1-2,6,9H2. The zero-order valence-corrected chi connectivity index (χ0v) is 16.2. The van der Waals surface area contributed by atoms with Crippen molar-refractivity contribution in [2.75, 3.05) is 11.9 Å². The number of hydrogen-bond acceptors (Lipinski definition) is 2. The smallest absolute Gasteiger partial charge is 0.370 e. The lowest BCUT2D eigenvalue weighted by Crippen LogP contribution is -2.09. The molecular weight excluding hydrogens is 410 g/mol. The first-order valence-electron chi connectivity index (χ1n) is 8.83. The molecule has 1 aliphatic heterocycles. The number of aromatic nitrogens is 2. The Hall–Kier alpha value is -2.18. The summed E-state index contributed by atoms with van der Waals surface area (Å²) < 4.78 is 41.1. The van der Waals surface area contributed by atoms with Crippen LogP contribution >= 0.6 is 23.2 Å². The van der Waals surface area contributed by atoms with E-state index in [0.717, 1.165) is 54.9 Å². The topological polar surface area (TPSA) is 29.9 Å². The molecule has 0 unspecified atom stereocenters. The van der Waals surface area contributed by atoms with E-state index < -0.39 is 11.7 Å². The fourth-order valence-electron chi connectivity index (χ4n) is 3.38. The van der Waals surface area contributed by atoms with Gasteiger partial charge in [0.2, 0.25) is 0 Å². The third kappa shape index (κ3) is 3.59. The number of nitrogens with one attached hydrogen (secondary N) is 1. The van der Waals surface area contributed by atoms with E-state index in [1.807, 2.05) is 6.07 Å². The Kier molecular flexibility index (Phi) is 5.02. The number of alkyl halides is 3. The number of fused-ring (bicyclic) bond motifs is 1. The van der Waals surface area contributed by atoms with E-state index >= 15 is 0 Å². The maximum Gasteiger partial charge on any atom is 0.416 e. The summed E-state index contributed by atoms with van der Waals surface area (Å²) in [6.45, 7) is 0.735. The summed E-state index contributed by atoms with van der Waals surface area (Å²) in [5, 5.41) is 8.82. The lowest BCUT2D eigenvalue weighted by molar-refractivity contribution is -0.137. The number of anilines is 1. The van der Waals surface area contributed by atoms with Crippen LogP contribution in [0.4, 0.5) is 19.0 Å². The molecule has 0 aliphatic carbocycles. The molecule has 3 aromatic rings. The van der Waals surface area contributed by atoms with Gasteiger partial charge in [0.15, 0.2) is 0 Å². The molecule has 0 bridgehead atoms. The molecule has 2 aromatic carbocycles. The van der Waals surface area contributed by atoms with Crippen molar-refractivity contribution in [2.24, 2.45) is 0 Å². The second-order valence-electron chi connectivity index (χ2n) is 6.65. The van der Waals surface area contributed by atoms with E-state index in [1.165, 1.54) is 6.07 Å². The van der Waals surface area contributed by atoms with Crippen LogP contribution in [0.2, 0.25) is 10.0 Å². The Morgan fingerprint density at radius 3 is 2.57 bits per heavy atom. The average Bonchev–Trinajstić information content (AvgIpc) is 2.84. The van der Waals surface area contributed by atoms with E-state index in [1.54, 1.807) is 22.9 Å². The maximum absolute atomic E-state index is 13.2. The molecular formula is C20H16Cl2F3N3. The Balaban J connectivity index is 1.89. The summed E-state index contributed by atoms with van der Waals surface area (Å²) >= 11 is 12.2. The Labute approximate surface area is 170 Å². The lowest BCUT2D eigenvalue weighted by atomic mass is 10.0. The monoisotopic (exact) mass is 425 g/mol. The van der Waals surface area contributed by atoms with E-state index in [-0.39, 0.29) is 0 Å². The van der Waals surface area contributed by atoms with Crippen LogP contribution in [0.5, 0.6) is 0 Å². The third-order valence-corrected chi connectivity index (χ3v) is 5.48. The van der Waals surface area contributed by atoms with Gasteiger partial charge in [0, 0.05) is 17.7 Å². The van der Waals surface area contributed by atoms with Gasteiger partial charge in [-0.2, -0.15) is 18.3 Å². The first-order chi connectivity index (χ1) is 13.3. The fourth-order valence-corrected chi connectivity index (χ4v) is 3.68. The summed E-state index contributed by atoms with van der Waals surface area (Å²) in [5.74, 6) is 0.720. The van der Waals surface area contributed by atoms with Gasteiger partial charge in [-0.3, -0.25) is 0 Å². The predicted molar refractivity (Wildman–Crippen MR) is 105 cm³/mol. The molecule has 0 saturated heterocycles. The highest BCUT2D eigenvalue weighted by atomic mass is 35.5. The summed E-state index contributed by atoms with van der Waals surface area (Å²) in [5.41, 5.74) is 2.08. The second-order valence-corrected chi connectivity index (χ2v) is 7.46. The van der Waals surface area contributed by atoms with Gasteiger partial charge in [-0.15, -0.1) is 0 Å².